The third-order valence-electron chi connectivity index (χ3n) is 2.18. The lowest BCUT2D eigenvalue weighted by Crippen LogP contribution is -2.30. The third kappa shape index (κ3) is 4.90. The predicted octanol–water partition coefficient (Wildman–Crippen LogP) is 2.26. The molecule has 1 aliphatic rings. The second-order valence-corrected chi connectivity index (χ2v) is 3.63. The fourth-order valence-corrected chi connectivity index (χ4v) is 1.30. The van der Waals surface area contributed by atoms with Crippen molar-refractivity contribution in [1.29, 1.82) is 0 Å². The van der Waals surface area contributed by atoms with E-state index in [-0.39, 0.29) is 6.54 Å². The van der Waals surface area contributed by atoms with Crippen LogP contribution in [0.4, 0.5) is 13.2 Å². The van der Waals surface area contributed by atoms with Gasteiger partial charge in [-0.15, -0.1) is 0 Å². The monoisotopic (exact) mass is 223 g/mol. The van der Waals surface area contributed by atoms with Crippen molar-refractivity contribution in [3.05, 3.63) is 0 Å². The maximum absolute atomic E-state index is 11.9. The molecule has 0 aromatic heterocycles. The zero-order valence-corrected chi connectivity index (χ0v) is 8.80. The molecule has 0 unspecified atom stereocenters. The van der Waals surface area contributed by atoms with Gasteiger partial charge in [0.1, 0.15) is 13.0 Å². The highest BCUT2D eigenvalue weighted by molar-refractivity contribution is 5.56. The third-order valence-corrected chi connectivity index (χ3v) is 2.18. The molecule has 0 fully saturated rings. The van der Waals surface area contributed by atoms with Crippen LogP contribution in [0.3, 0.4) is 0 Å². The highest BCUT2D eigenvalue weighted by atomic mass is 19.4. The molecule has 1 rings (SSSR count). The normalized spacial score (nSPS) is 16.5. The van der Waals surface area contributed by atoms with E-state index in [2.05, 4.69) is 12.0 Å². The van der Waals surface area contributed by atoms with E-state index in [1.807, 2.05) is 0 Å². The zero-order chi connectivity index (χ0) is 11.3. The van der Waals surface area contributed by atoms with Crippen LogP contribution in [0.25, 0.3) is 0 Å². The van der Waals surface area contributed by atoms with Crippen LogP contribution in [0.5, 0.6) is 0 Å². The van der Waals surface area contributed by atoms with Gasteiger partial charge in [-0.25, -0.2) is 0 Å². The number of rotatable bonds is 5. The molecule has 1 heterocycles. The molecule has 0 spiro atoms. The molecule has 6 heteroatoms. The van der Waals surface area contributed by atoms with Gasteiger partial charge in [0.2, 0.25) is 0 Å². The number of hydrogen-bond acceptors (Lipinski definition) is 3. The number of hydrogen-bond donors (Lipinski definition) is 0. The lowest BCUT2D eigenvalue weighted by Gasteiger charge is -2.19. The molecule has 0 radical (unpaired) electrons. The van der Waals surface area contributed by atoms with Crippen LogP contribution in [0.1, 0.15) is 26.2 Å². The Hall–Kier alpha value is -0.940. The summed E-state index contributed by atoms with van der Waals surface area (Å²) < 4.78 is 35.8. The van der Waals surface area contributed by atoms with Crippen LogP contribution in [-0.2, 0) is 0 Å². The van der Waals surface area contributed by atoms with Crippen molar-refractivity contribution >= 4 is 6.34 Å². The van der Waals surface area contributed by atoms with E-state index in [0.717, 1.165) is 19.4 Å². The number of unbranched alkanes of at least 4 members (excludes halogenated alkanes) is 1. The number of alkyl halides is 3. The maximum Gasteiger partial charge on any atom is 0.390 e. The summed E-state index contributed by atoms with van der Waals surface area (Å²) >= 11 is 0. The quantitative estimate of drug-likeness (QED) is 0.712. The first-order chi connectivity index (χ1) is 7.01. The van der Waals surface area contributed by atoms with Gasteiger partial charge in [0, 0.05) is 13.1 Å². The van der Waals surface area contributed by atoms with Crippen LogP contribution in [0.15, 0.2) is 5.10 Å². The molecule has 0 aliphatic carbocycles. The molecule has 0 N–H and O–H groups in total. The molecular formula is C9H16F3N3. The molecule has 15 heavy (non-hydrogen) atoms. The Kier molecular flexibility index (Phi) is 4.23. The molecule has 0 amide bonds. The topological polar surface area (TPSA) is 18.8 Å². The second kappa shape index (κ2) is 5.23. The van der Waals surface area contributed by atoms with Crippen molar-refractivity contribution in [3.8, 4) is 0 Å². The van der Waals surface area contributed by atoms with Crippen molar-refractivity contribution < 1.29 is 13.2 Å². The number of halogens is 3. The van der Waals surface area contributed by atoms with E-state index in [1.54, 1.807) is 9.91 Å². The van der Waals surface area contributed by atoms with Gasteiger partial charge >= 0.3 is 6.18 Å². The fourth-order valence-electron chi connectivity index (χ4n) is 1.30. The lowest BCUT2D eigenvalue weighted by atomic mass is 10.3. The molecule has 0 aromatic carbocycles. The van der Waals surface area contributed by atoms with Crippen molar-refractivity contribution in [2.75, 3.05) is 19.8 Å². The summed E-state index contributed by atoms with van der Waals surface area (Å²) in [4.78, 5) is 1.59. The summed E-state index contributed by atoms with van der Waals surface area (Å²) in [6.45, 7) is 3.36. The summed E-state index contributed by atoms with van der Waals surface area (Å²) in [6, 6.07) is 0. The molecule has 0 aromatic rings. The van der Waals surface area contributed by atoms with E-state index in [0.29, 0.717) is 6.67 Å². The van der Waals surface area contributed by atoms with E-state index in [1.165, 1.54) is 6.34 Å². The molecule has 88 valence electrons. The molecule has 0 atom stereocenters. The van der Waals surface area contributed by atoms with Crippen molar-refractivity contribution in [2.24, 2.45) is 5.10 Å². The Balaban J connectivity index is 2.17. The number of hydrazone groups is 1. The van der Waals surface area contributed by atoms with Gasteiger partial charge in [-0.3, -0.25) is 5.01 Å². The average molecular weight is 223 g/mol. The summed E-state index contributed by atoms with van der Waals surface area (Å²) in [7, 11) is 0. The highest BCUT2D eigenvalue weighted by Crippen LogP contribution is 2.20. The molecule has 0 saturated carbocycles. The second-order valence-electron chi connectivity index (χ2n) is 3.63. The van der Waals surface area contributed by atoms with Gasteiger partial charge < -0.3 is 4.90 Å². The molecule has 0 bridgehead atoms. The minimum Gasteiger partial charge on any atom is -0.342 e. The van der Waals surface area contributed by atoms with Gasteiger partial charge in [-0.05, 0) is 6.42 Å². The zero-order valence-electron chi connectivity index (χ0n) is 8.80. The minimum absolute atomic E-state index is 0.00434. The van der Waals surface area contributed by atoms with Crippen LogP contribution < -0.4 is 0 Å². The lowest BCUT2D eigenvalue weighted by molar-refractivity contribution is -0.136. The predicted molar refractivity (Wildman–Crippen MR) is 52.4 cm³/mol. The van der Waals surface area contributed by atoms with Gasteiger partial charge in [-0.1, -0.05) is 13.3 Å². The first kappa shape index (κ1) is 12.1. The Morgan fingerprint density at radius 1 is 1.33 bits per heavy atom. The smallest absolute Gasteiger partial charge is 0.342 e. The van der Waals surface area contributed by atoms with E-state index < -0.39 is 12.6 Å². The fraction of sp³-hybridized carbons (Fsp3) is 0.889. The SMILES string of the molecule is CCCCN1CN(CCC(F)(F)F)C=N1. The van der Waals surface area contributed by atoms with Crippen LogP contribution in [-0.4, -0.2) is 42.2 Å². The Morgan fingerprint density at radius 2 is 2.07 bits per heavy atom. The maximum atomic E-state index is 11.9. The Bertz CT molecular complexity index is 215. The van der Waals surface area contributed by atoms with Crippen LogP contribution in [0, 0.1) is 0 Å². The molecule has 3 nitrogen and oxygen atoms in total. The highest BCUT2D eigenvalue weighted by Gasteiger charge is 2.28. The van der Waals surface area contributed by atoms with E-state index >= 15 is 0 Å². The first-order valence-electron chi connectivity index (χ1n) is 5.11. The Labute approximate surface area is 87.5 Å². The van der Waals surface area contributed by atoms with Crippen LogP contribution in [0.2, 0.25) is 0 Å². The summed E-state index contributed by atoms with van der Waals surface area (Å²) in [6.07, 6.45) is -1.29. The van der Waals surface area contributed by atoms with Crippen molar-refractivity contribution in [2.45, 2.75) is 32.4 Å². The largest absolute Gasteiger partial charge is 0.390 e. The minimum atomic E-state index is -4.08. The summed E-state index contributed by atoms with van der Waals surface area (Å²) in [5, 5.41) is 5.81. The molecule has 0 saturated heterocycles. The first-order valence-corrected chi connectivity index (χ1v) is 5.11. The van der Waals surface area contributed by atoms with Crippen molar-refractivity contribution in [3.63, 3.8) is 0 Å². The van der Waals surface area contributed by atoms with Gasteiger partial charge in [0.05, 0.1) is 6.42 Å². The molecular weight excluding hydrogens is 207 g/mol. The van der Waals surface area contributed by atoms with E-state index in [4.69, 9.17) is 0 Å². The van der Waals surface area contributed by atoms with E-state index in [9.17, 15) is 13.2 Å². The number of nitrogens with zero attached hydrogens (tertiary/aromatic N) is 3. The average Bonchev–Trinajstić information content (AvgIpc) is 2.58. The standard InChI is InChI=1S/C9H16F3N3/c1-2-3-5-15-8-14(7-13-15)6-4-9(10,11)12/h7H,2-6,8H2,1H3. The summed E-state index contributed by atoms with van der Waals surface area (Å²) in [5.41, 5.74) is 0. The Morgan fingerprint density at radius 3 is 2.67 bits per heavy atom. The summed E-state index contributed by atoms with van der Waals surface area (Å²) in [5.74, 6) is 0. The molecule has 1 aliphatic heterocycles. The van der Waals surface area contributed by atoms with Crippen molar-refractivity contribution in [1.82, 2.24) is 9.91 Å². The van der Waals surface area contributed by atoms with Gasteiger partial charge in [0.25, 0.3) is 0 Å². The van der Waals surface area contributed by atoms with Gasteiger partial charge in [-0.2, -0.15) is 18.3 Å². The van der Waals surface area contributed by atoms with Gasteiger partial charge in [0.15, 0.2) is 0 Å². The van der Waals surface area contributed by atoms with Crippen LogP contribution >= 0.6 is 0 Å².